The molecule has 0 spiro atoms. The summed E-state index contributed by atoms with van der Waals surface area (Å²) >= 11 is 1.56. The molecule has 0 saturated heterocycles. The molecule has 6 nitrogen and oxygen atoms in total. The number of esters is 1. The van der Waals surface area contributed by atoms with Gasteiger partial charge in [0.05, 0.1) is 16.8 Å². The number of ether oxygens (including phenoxy) is 1. The molecule has 0 atom stereocenters. The number of thioether (sulfide) groups is 1. The molecule has 0 bridgehead atoms. The number of nitrogens with one attached hydrogen (secondary N) is 1. The average molecular weight is 405 g/mol. The summed E-state index contributed by atoms with van der Waals surface area (Å²) in [6.45, 7) is -0.783. The van der Waals surface area contributed by atoms with E-state index in [-0.39, 0.29) is 6.54 Å². The van der Waals surface area contributed by atoms with Crippen LogP contribution in [-0.2, 0) is 26.6 Å². The van der Waals surface area contributed by atoms with Crippen molar-refractivity contribution in [2.24, 2.45) is 0 Å². The lowest BCUT2D eigenvalue weighted by Crippen LogP contribution is -2.24. The van der Waals surface area contributed by atoms with Gasteiger partial charge in [-0.05, 0) is 30.5 Å². The van der Waals surface area contributed by atoms with Crippen LogP contribution in [0.2, 0.25) is 0 Å². The zero-order valence-corrected chi connectivity index (χ0v) is 15.8. The lowest BCUT2D eigenvalue weighted by atomic mass is 10.3. The highest BCUT2D eigenvalue weighted by atomic mass is 32.2. The molecule has 0 aliphatic rings. The Morgan fingerprint density at radius 1 is 1.14 bits per heavy atom. The molecule has 1 heterocycles. The van der Waals surface area contributed by atoms with Crippen LogP contribution in [0.4, 0.5) is 14.5 Å². The van der Waals surface area contributed by atoms with E-state index in [0.717, 1.165) is 23.2 Å². The highest BCUT2D eigenvalue weighted by Crippen LogP contribution is 2.19. The van der Waals surface area contributed by atoms with Crippen LogP contribution in [0.25, 0.3) is 11.0 Å². The van der Waals surface area contributed by atoms with Crippen molar-refractivity contribution in [1.82, 2.24) is 9.55 Å². The van der Waals surface area contributed by atoms with Crippen LogP contribution < -0.4 is 5.32 Å². The third-order valence-electron chi connectivity index (χ3n) is 3.89. The van der Waals surface area contributed by atoms with Crippen LogP contribution in [0.15, 0.2) is 42.5 Å². The number of para-hydroxylation sites is 3. The van der Waals surface area contributed by atoms with Gasteiger partial charge in [0.15, 0.2) is 6.61 Å². The van der Waals surface area contributed by atoms with Gasteiger partial charge in [-0.3, -0.25) is 9.59 Å². The Morgan fingerprint density at radius 2 is 1.86 bits per heavy atom. The molecule has 0 aliphatic carbocycles. The third kappa shape index (κ3) is 4.48. The first-order valence-corrected chi connectivity index (χ1v) is 9.71. The Balaban J connectivity index is 1.64. The Kier molecular flexibility index (Phi) is 6.25. The maximum atomic E-state index is 13.6. The fraction of sp³-hybridized carbons (Fsp3) is 0.211. The highest BCUT2D eigenvalue weighted by molar-refractivity contribution is 7.97. The predicted octanol–water partition coefficient (Wildman–Crippen LogP) is 3.36. The van der Waals surface area contributed by atoms with E-state index < -0.39 is 35.8 Å². The monoisotopic (exact) mass is 405 g/mol. The Labute approximate surface area is 163 Å². The van der Waals surface area contributed by atoms with E-state index in [2.05, 4.69) is 10.3 Å². The van der Waals surface area contributed by atoms with Gasteiger partial charge in [0.2, 0.25) is 0 Å². The molecule has 1 aromatic heterocycles. The summed E-state index contributed by atoms with van der Waals surface area (Å²) in [5.41, 5.74) is 0.958. The van der Waals surface area contributed by atoms with Gasteiger partial charge in [0.25, 0.3) is 5.91 Å². The Bertz CT molecular complexity index is 1000. The zero-order valence-electron chi connectivity index (χ0n) is 14.9. The summed E-state index contributed by atoms with van der Waals surface area (Å²) in [7, 11) is 0. The number of amides is 1. The molecule has 0 aliphatic heterocycles. The first-order valence-electron chi connectivity index (χ1n) is 8.32. The molecule has 1 amide bonds. The molecule has 3 rings (SSSR count). The van der Waals surface area contributed by atoms with E-state index >= 15 is 0 Å². The summed E-state index contributed by atoms with van der Waals surface area (Å²) in [4.78, 5) is 28.6. The topological polar surface area (TPSA) is 73.2 Å². The summed E-state index contributed by atoms with van der Waals surface area (Å²) in [5.74, 6) is -2.00. The van der Waals surface area contributed by atoms with Gasteiger partial charge in [0.1, 0.15) is 29.7 Å². The molecule has 0 radical (unpaired) electrons. The van der Waals surface area contributed by atoms with Crippen molar-refractivity contribution in [1.29, 1.82) is 0 Å². The van der Waals surface area contributed by atoms with Crippen LogP contribution in [0.5, 0.6) is 0 Å². The summed E-state index contributed by atoms with van der Waals surface area (Å²) < 4.78 is 33.8. The van der Waals surface area contributed by atoms with Crippen LogP contribution in [0.3, 0.4) is 0 Å². The molecule has 146 valence electrons. The van der Waals surface area contributed by atoms with E-state index in [1.54, 1.807) is 16.3 Å². The lowest BCUT2D eigenvalue weighted by Gasteiger charge is -2.10. The van der Waals surface area contributed by atoms with Gasteiger partial charge in [0, 0.05) is 0 Å². The van der Waals surface area contributed by atoms with Crippen molar-refractivity contribution in [2.75, 3.05) is 18.2 Å². The van der Waals surface area contributed by atoms with Crippen LogP contribution in [0, 0.1) is 11.6 Å². The quantitative estimate of drug-likeness (QED) is 0.611. The number of rotatable bonds is 7. The van der Waals surface area contributed by atoms with Crippen LogP contribution in [0.1, 0.15) is 5.82 Å². The fourth-order valence-corrected chi connectivity index (χ4v) is 3.13. The van der Waals surface area contributed by atoms with E-state index in [1.807, 2.05) is 30.5 Å². The number of imidazole rings is 1. The molecule has 3 aromatic rings. The summed E-state index contributed by atoms with van der Waals surface area (Å²) in [6.07, 6.45) is 1.92. The third-order valence-corrected chi connectivity index (χ3v) is 4.43. The van der Waals surface area contributed by atoms with Crippen LogP contribution in [-0.4, -0.2) is 34.3 Å². The number of fused-ring (bicyclic) bond motifs is 1. The number of benzene rings is 2. The number of carbonyl (C=O) groups excluding carboxylic acids is 2. The minimum absolute atomic E-state index is 0.127. The number of aromatic nitrogens is 2. The first kappa shape index (κ1) is 19.8. The number of carbonyl (C=O) groups is 2. The van der Waals surface area contributed by atoms with Crippen molar-refractivity contribution in [2.45, 2.75) is 12.3 Å². The standard InChI is InChI=1S/C19H17F2N3O3S/c1-28-11-16-22-14-7-2-3-8-15(14)24(16)9-18(26)27-10-17(25)23-19-12(20)5-4-6-13(19)21/h2-8H,9-11H2,1H3,(H,23,25). The van der Waals surface area contributed by atoms with Gasteiger partial charge < -0.3 is 14.6 Å². The smallest absolute Gasteiger partial charge is 0.326 e. The van der Waals surface area contributed by atoms with E-state index in [1.165, 1.54) is 6.07 Å². The van der Waals surface area contributed by atoms with Crippen molar-refractivity contribution in [3.05, 3.63) is 59.9 Å². The minimum Gasteiger partial charge on any atom is -0.454 e. The zero-order chi connectivity index (χ0) is 20.1. The molecule has 0 unspecified atom stereocenters. The molecule has 2 aromatic carbocycles. The second-order valence-electron chi connectivity index (χ2n) is 5.84. The number of halogens is 2. The average Bonchev–Trinajstić information content (AvgIpc) is 3.01. The minimum atomic E-state index is -0.911. The van der Waals surface area contributed by atoms with Crippen molar-refractivity contribution < 1.29 is 23.1 Å². The lowest BCUT2D eigenvalue weighted by molar-refractivity contribution is -0.147. The maximum absolute atomic E-state index is 13.6. The number of hydrogen-bond acceptors (Lipinski definition) is 5. The number of nitrogens with zero attached hydrogens (tertiary/aromatic N) is 2. The molecule has 1 N–H and O–H groups in total. The Hall–Kier alpha value is -2.94. The molecular formula is C19H17F2N3O3S. The fourth-order valence-electron chi connectivity index (χ4n) is 2.65. The van der Waals surface area contributed by atoms with E-state index in [9.17, 15) is 18.4 Å². The normalized spacial score (nSPS) is 10.8. The van der Waals surface area contributed by atoms with Crippen LogP contribution >= 0.6 is 11.8 Å². The Morgan fingerprint density at radius 3 is 2.57 bits per heavy atom. The number of anilines is 1. The predicted molar refractivity (Wildman–Crippen MR) is 103 cm³/mol. The highest BCUT2D eigenvalue weighted by Gasteiger charge is 2.16. The maximum Gasteiger partial charge on any atom is 0.326 e. The molecule has 28 heavy (non-hydrogen) atoms. The molecule has 0 saturated carbocycles. The largest absolute Gasteiger partial charge is 0.454 e. The molecule has 0 fully saturated rings. The van der Waals surface area contributed by atoms with E-state index in [0.29, 0.717) is 11.6 Å². The SMILES string of the molecule is CSCc1nc2ccccc2n1CC(=O)OCC(=O)Nc1c(F)cccc1F. The summed E-state index contributed by atoms with van der Waals surface area (Å²) in [6, 6.07) is 10.6. The van der Waals surface area contributed by atoms with Crippen molar-refractivity contribution in [3.63, 3.8) is 0 Å². The second kappa shape index (κ2) is 8.83. The van der Waals surface area contributed by atoms with Gasteiger partial charge in [-0.2, -0.15) is 11.8 Å². The number of hydrogen-bond donors (Lipinski definition) is 1. The van der Waals surface area contributed by atoms with Crippen molar-refractivity contribution in [3.8, 4) is 0 Å². The van der Waals surface area contributed by atoms with Gasteiger partial charge in [-0.25, -0.2) is 13.8 Å². The molecular weight excluding hydrogens is 388 g/mol. The van der Waals surface area contributed by atoms with Gasteiger partial charge >= 0.3 is 5.97 Å². The summed E-state index contributed by atoms with van der Waals surface area (Å²) in [5, 5.41) is 2.07. The first-order chi connectivity index (χ1) is 13.5. The molecule has 9 heteroatoms. The second-order valence-corrected chi connectivity index (χ2v) is 6.71. The van der Waals surface area contributed by atoms with Crippen molar-refractivity contribution >= 4 is 40.4 Å². The van der Waals surface area contributed by atoms with Gasteiger partial charge in [-0.15, -0.1) is 0 Å². The van der Waals surface area contributed by atoms with Gasteiger partial charge in [-0.1, -0.05) is 18.2 Å². The van der Waals surface area contributed by atoms with E-state index in [4.69, 9.17) is 4.74 Å².